The van der Waals surface area contributed by atoms with Crippen LogP contribution in [0.15, 0.2) is 0 Å². The quantitative estimate of drug-likeness (QED) is 0.0222. The van der Waals surface area contributed by atoms with E-state index in [2.05, 4.69) is 34.6 Å². The van der Waals surface area contributed by atoms with Crippen molar-refractivity contribution in [2.24, 2.45) is 5.92 Å². The molecule has 534 valence electrons. The molecule has 0 aromatic rings. The van der Waals surface area contributed by atoms with Gasteiger partial charge in [-0.1, -0.05) is 317 Å². The van der Waals surface area contributed by atoms with E-state index in [1.165, 1.54) is 186 Å². The van der Waals surface area contributed by atoms with E-state index in [0.29, 0.717) is 25.7 Å². The van der Waals surface area contributed by atoms with Crippen molar-refractivity contribution in [2.45, 2.75) is 387 Å². The molecule has 0 bridgehead atoms. The number of ether oxygens (including phenoxy) is 4. The molecule has 0 saturated heterocycles. The first-order chi connectivity index (χ1) is 43.6. The van der Waals surface area contributed by atoms with Crippen LogP contribution in [0.5, 0.6) is 0 Å². The van der Waals surface area contributed by atoms with Gasteiger partial charge in [0.05, 0.1) is 26.4 Å². The third-order valence-electron chi connectivity index (χ3n) is 16.9. The van der Waals surface area contributed by atoms with Crippen LogP contribution in [0.3, 0.4) is 0 Å². The fourth-order valence-electron chi connectivity index (χ4n) is 10.8. The fraction of sp³-hybridized carbons (Fsp3) is 0.944. The number of phosphoric acid groups is 2. The largest absolute Gasteiger partial charge is 0.472 e. The first kappa shape index (κ1) is 88.1. The Morgan fingerprint density at radius 2 is 0.533 bits per heavy atom. The van der Waals surface area contributed by atoms with Gasteiger partial charge in [0.15, 0.2) is 12.2 Å². The van der Waals surface area contributed by atoms with E-state index < -0.39 is 97.5 Å². The predicted molar refractivity (Wildman–Crippen MR) is 363 cm³/mol. The highest BCUT2D eigenvalue weighted by molar-refractivity contribution is 7.47. The van der Waals surface area contributed by atoms with Crippen LogP contribution in [0.4, 0.5) is 0 Å². The summed E-state index contributed by atoms with van der Waals surface area (Å²) in [6.07, 6.45) is 51.8. The number of carbonyl (C=O) groups excluding carboxylic acids is 4. The number of phosphoric ester groups is 2. The lowest BCUT2D eigenvalue weighted by Crippen LogP contribution is -2.30. The van der Waals surface area contributed by atoms with Crippen molar-refractivity contribution in [1.82, 2.24) is 0 Å². The smallest absolute Gasteiger partial charge is 0.462 e. The lowest BCUT2D eigenvalue weighted by atomic mass is 9.99. The zero-order valence-electron chi connectivity index (χ0n) is 58.3. The van der Waals surface area contributed by atoms with Gasteiger partial charge in [0.25, 0.3) is 0 Å². The van der Waals surface area contributed by atoms with Crippen LogP contribution in [0.2, 0.25) is 0 Å². The second-order valence-electron chi connectivity index (χ2n) is 25.9. The first-order valence-electron chi connectivity index (χ1n) is 37.2. The number of hydrogen-bond donors (Lipinski definition) is 3. The maximum absolute atomic E-state index is 13.0. The van der Waals surface area contributed by atoms with Crippen LogP contribution in [-0.4, -0.2) is 96.7 Å². The Bertz CT molecular complexity index is 1740. The molecule has 0 saturated carbocycles. The number of hydrogen-bond acceptors (Lipinski definition) is 15. The minimum Gasteiger partial charge on any atom is -0.462 e. The zero-order valence-corrected chi connectivity index (χ0v) is 60.1. The second-order valence-corrected chi connectivity index (χ2v) is 28.8. The number of aliphatic hydroxyl groups excluding tert-OH is 1. The second kappa shape index (κ2) is 64.4. The molecule has 0 rings (SSSR count). The number of unbranched alkanes of at least 4 members (excludes halogenated alkanes) is 42. The Hall–Kier alpha value is -1.94. The summed E-state index contributed by atoms with van der Waals surface area (Å²) < 4.78 is 68.1. The summed E-state index contributed by atoms with van der Waals surface area (Å²) >= 11 is 0. The Labute approximate surface area is 549 Å². The Morgan fingerprint density at radius 3 is 0.789 bits per heavy atom. The van der Waals surface area contributed by atoms with Crippen molar-refractivity contribution < 1.29 is 80.2 Å². The number of aliphatic hydroxyl groups is 1. The van der Waals surface area contributed by atoms with E-state index in [-0.39, 0.29) is 25.7 Å². The molecule has 17 nitrogen and oxygen atoms in total. The summed E-state index contributed by atoms with van der Waals surface area (Å²) in [4.78, 5) is 72.3. The van der Waals surface area contributed by atoms with Gasteiger partial charge < -0.3 is 33.8 Å². The molecule has 3 N–H and O–H groups in total. The Balaban J connectivity index is 5.13. The third kappa shape index (κ3) is 63.5. The van der Waals surface area contributed by atoms with E-state index in [4.69, 9.17) is 37.0 Å². The molecule has 0 aliphatic carbocycles. The van der Waals surface area contributed by atoms with Gasteiger partial charge in [-0.15, -0.1) is 0 Å². The molecule has 0 aromatic carbocycles. The average molecular weight is 1330 g/mol. The molecule has 3 unspecified atom stereocenters. The van der Waals surface area contributed by atoms with Crippen LogP contribution in [0.25, 0.3) is 0 Å². The number of carbonyl (C=O) groups is 4. The molecule has 0 fully saturated rings. The lowest BCUT2D eigenvalue weighted by Gasteiger charge is -2.21. The van der Waals surface area contributed by atoms with Gasteiger partial charge in [-0.25, -0.2) is 9.13 Å². The third-order valence-corrected chi connectivity index (χ3v) is 18.8. The van der Waals surface area contributed by atoms with Gasteiger partial charge in [-0.05, 0) is 31.6 Å². The van der Waals surface area contributed by atoms with E-state index >= 15 is 0 Å². The maximum Gasteiger partial charge on any atom is 0.472 e. The minimum atomic E-state index is -4.95. The summed E-state index contributed by atoms with van der Waals surface area (Å²) in [6.45, 7) is 7.16. The van der Waals surface area contributed by atoms with E-state index in [0.717, 1.165) is 102 Å². The molecular weight excluding hydrogens is 1190 g/mol. The summed E-state index contributed by atoms with van der Waals surface area (Å²) in [5.41, 5.74) is 0. The minimum absolute atomic E-state index is 0.104. The van der Waals surface area contributed by atoms with Crippen molar-refractivity contribution in [1.29, 1.82) is 0 Å². The maximum atomic E-state index is 13.0. The van der Waals surface area contributed by atoms with Gasteiger partial charge in [0.1, 0.15) is 19.3 Å². The van der Waals surface area contributed by atoms with Gasteiger partial charge in [0, 0.05) is 25.7 Å². The molecule has 19 heteroatoms. The zero-order chi connectivity index (χ0) is 66.3. The van der Waals surface area contributed by atoms with Crippen molar-refractivity contribution in [3.05, 3.63) is 0 Å². The highest BCUT2D eigenvalue weighted by atomic mass is 31.2. The lowest BCUT2D eigenvalue weighted by molar-refractivity contribution is -0.161. The summed E-state index contributed by atoms with van der Waals surface area (Å²) in [7, 11) is -9.89. The molecule has 0 aliphatic rings. The summed E-state index contributed by atoms with van der Waals surface area (Å²) in [5.74, 6) is -1.36. The van der Waals surface area contributed by atoms with Gasteiger partial charge in [-0.3, -0.25) is 37.3 Å². The van der Waals surface area contributed by atoms with Gasteiger partial charge >= 0.3 is 39.5 Å². The van der Waals surface area contributed by atoms with Crippen molar-refractivity contribution in [3.63, 3.8) is 0 Å². The molecular formula is C71H138O17P2. The fourth-order valence-corrected chi connectivity index (χ4v) is 12.4. The molecule has 0 spiro atoms. The molecule has 6 atom stereocenters. The topological polar surface area (TPSA) is 237 Å². The van der Waals surface area contributed by atoms with E-state index in [9.17, 15) is 43.2 Å². The Morgan fingerprint density at radius 1 is 0.311 bits per heavy atom. The number of rotatable bonds is 71. The highest BCUT2D eigenvalue weighted by Crippen LogP contribution is 2.45. The van der Waals surface area contributed by atoms with E-state index in [1.807, 2.05) is 0 Å². The van der Waals surface area contributed by atoms with Crippen LogP contribution in [0.1, 0.15) is 369 Å². The van der Waals surface area contributed by atoms with Gasteiger partial charge in [0.2, 0.25) is 0 Å². The molecule has 0 aliphatic heterocycles. The monoisotopic (exact) mass is 1320 g/mol. The normalized spacial score (nSPS) is 14.4. The molecule has 90 heavy (non-hydrogen) atoms. The van der Waals surface area contributed by atoms with Crippen LogP contribution < -0.4 is 0 Å². The highest BCUT2D eigenvalue weighted by Gasteiger charge is 2.30. The molecule has 0 amide bonds. The summed E-state index contributed by atoms with van der Waals surface area (Å²) in [5, 5.41) is 10.6. The average Bonchev–Trinajstić information content (AvgIpc) is 3.52. The predicted octanol–water partition coefficient (Wildman–Crippen LogP) is 20.5. The van der Waals surface area contributed by atoms with Crippen molar-refractivity contribution in [3.8, 4) is 0 Å². The number of esters is 4. The SMILES string of the molecule is CCCCCCCCCCCCCCCCCCCCCCC(=O)O[C@H](COC(=O)CCCCCCCCCCCCCCC)COP(=O)(O)OC[C@@H](O)COP(=O)(O)OC[C@@H](COC(=O)CCCCCCC)OC(=O)CCCCCCCCCCC(C)CC. The van der Waals surface area contributed by atoms with Crippen LogP contribution in [-0.2, 0) is 65.4 Å². The van der Waals surface area contributed by atoms with Crippen LogP contribution in [0, 0.1) is 5.92 Å². The molecule has 0 aromatic heterocycles. The van der Waals surface area contributed by atoms with Crippen molar-refractivity contribution in [2.75, 3.05) is 39.6 Å². The van der Waals surface area contributed by atoms with Crippen molar-refractivity contribution >= 4 is 39.5 Å². The standard InChI is InChI=1S/C71H138O17P2/c1-6-10-13-16-18-20-22-24-25-26-27-28-29-30-32-34-36-41-46-51-56-70(75)88-67(61-82-69(74)55-50-45-40-35-33-31-23-21-19-17-14-11-7-2)63-86-90(79,80)84-59-65(72)58-83-89(77,78)85-62-66(60-81-68(73)54-49-43-15-12-8-3)87-71(76)57-52-47-42-38-37-39-44-48-53-64(5)9-4/h64-67,72H,6-63H2,1-5H3,(H,77,78)(H,79,80)/t64?,65-,66+,67+/m0/s1. The van der Waals surface area contributed by atoms with Gasteiger partial charge in [-0.2, -0.15) is 0 Å². The summed E-state index contributed by atoms with van der Waals surface area (Å²) in [6, 6.07) is 0. The molecule has 0 heterocycles. The molecule has 0 radical (unpaired) electrons. The first-order valence-corrected chi connectivity index (χ1v) is 40.2. The van der Waals surface area contributed by atoms with E-state index in [1.54, 1.807) is 0 Å². The van der Waals surface area contributed by atoms with Crippen LogP contribution >= 0.6 is 15.6 Å². The Kier molecular flexibility index (Phi) is 63.0.